The number of hydrogen-bond donors (Lipinski definition) is 1. The van der Waals surface area contributed by atoms with Crippen molar-refractivity contribution in [3.05, 3.63) is 183 Å². The summed E-state index contributed by atoms with van der Waals surface area (Å²) in [6.45, 7) is 1.46. The van der Waals surface area contributed by atoms with Gasteiger partial charge in [-0.1, -0.05) is 145 Å². The number of tetrazole rings is 1. The molecule has 6 rings (SSSR count). The van der Waals surface area contributed by atoms with Crippen LogP contribution in [0.3, 0.4) is 0 Å². The topological polar surface area (TPSA) is 48.0 Å². The lowest BCUT2D eigenvalue weighted by Crippen LogP contribution is -3.10. The quantitative estimate of drug-likeness (QED) is 0.187. The first-order chi connectivity index (χ1) is 20.7. The Kier molecular flexibility index (Phi) is 8.71. The van der Waals surface area contributed by atoms with Crippen molar-refractivity contribution in [1.82, 2.24) is 20.2 Å². The van der Waals surface area contributed by atoms with Crippen LogP contribution in [0.4, 0.5) is 0 Å². The number of nitrogens with one attached hydrogen (secondary N) is 1. The molecule has 0 radical (unpaired) electrons. The first-order valence-electron chi connectivity index (χ1n) is 13.9. The lowest BCUT2D eigenvalue weighted by atomic mass is 9.97. The minimum absolute atomic E-state index is 0.235. The fraction of sp³-hybridized carbons (Fsp3) is 0.114. The molecule has 0 aliphatic rings. The van der Waals surface area contributed by atoms with E-state index in [9.17, 15) is 0 Å². The largest absolute Gasteiger partial charge is 0.315 e. The summed E-state index contributed by atoms with van der Waals surface area (Å²) in [7, 11) is 0. The van der Waals surface area contributed by atoms with Gasteiger partial charge in [0.2, 0.25) is 5.82 Å². The second-order valence-electron chi connectivity index (χ2n) is 10.3. The molecule has 1 aromatic heterocycles. The highest BCUT2D eigenvalue weighted by Gasteiger charge is 2.36. The standard InChI is InChI=1S/C35H29Cl2N5/c36-30-21-22-31(32(37)23-30)34(41(24-26-13-5-1-6-14-26)25-27-15-7-2-8-16-27)35-38-39-40-42(35)33(28-17-9-3-10-18-28)29-19-11-4-12-20-29/h1-23,33-34H,24-25H2/p+1/t34-/m0/s1. The lowest BCUT2D eigenvalue weighted by molar-refractivity contribution is -0.953. The van der Waals surface area contributed by atoms with E-state index in [0.717, 1.165) is 35.6 Å². The Hall–Kier alpha value is -4.29. The predicted octanol–water partition coefficient (Wildman–Crippen LogP) is 6.99. The van der Waals surface area contributed by atoms with E-state index in [1.165, 1.54) is 16.0 Å². The molecule has 208 valence electrons. The molecule has 0 spiro atoms. The number of aromatic nitrogens is 4. The fourth-order valence-electron chi connectivity index (χ4n) is 5.58. The van der Waals surface area contributed by atoms with E-state index in [4.69, 9.17) is 28.3 Å². The number of rotatable bonds is 10. The van der Waals surface area contributed by atoms with Crippen LogP contribution in [0.15, 0.2) is 140 Å². The summed E-state index contributed by atoms with van der Waals surface area (Å²) in [6.07, 6.45) is 0. The average molecular weight is 592 g/mol. The summed E-state index contributed by atoms with van der Waals surface area (Å²) in [5, 5.41) is 14.8. The molecule has 7 heteroatoms. The van der Waals surface area contributed by atoms with Crippen molar-refractivity contribution in [2.45, 2.75) is 25.2 Å². The monoisotopic (exact) mass is 590 g/mol. The van der Waals surface area contributed by atoms with Crippen molar-refractivity contribution in [1.29, 1.82) is 0 Å². The number of nitrogens with zero attached hydrogens (tertiary/aromatic N) is 4. The number of quaternary nitrogens is 1. The third kappa shape index (κ3) is 6.29. The van der Waals surface area contributed by atoms with Crippen molar-refractivity contribution in [3.63, 3.8) is 0 Å². The van der Waals surface area contributed by atoms with Gasteiger partial charge in [-0.05, 0) is 39.8 Å². The fourth-order valence-corrected chi connectivity index (χ4v) is 6.10. The maximum Gasteiger partial charge on any atom is 0.215 e. The van der Waals surface area contributed by atoms with Crippen LogP contribution in [0, 0.1) is 0 Å². The molecule has 6 aromatic rings. The third-order valence-electron chi connectivity index (χ3n) is 7.48. The lowest BCUT2D eigenvalue weighted by Gasteiger charge is -2.30. The molecule has 0 aliphatic carbocycles. The van der Waals surface area contributed by atoms with Crippen LogP contribution in [0.5, 0.6) is 0 Å². The van der Waals surface area contributed by atoms with Crippen molar-refractivity contribution >= 4 is 23.2 Å². The molecule has 0 aliphatic heterocycles. The van der Waals surface area contributed by atoms with Gasteiger partial charge in [-0.25, -0.2) is 4.68 Å². The Morgan fingerprint density at radius 1 is 0.619 bits per heavy atom. The molecule has 5 nitrogen and oxygen atoms in total. The van der Waals surface area contributed by atoms with Gasteiger partial charge < -0.3 is 4.90 Å². The molecular weight excluding hydrogens is 561 g/mol. The summed E-state index contributed by atoms with van der Waals surface area (Å²) in [5.74, 6) is 0.721. The maximum absolute atomic E-state index is 6.98. The van der Waals surface area contributed by atoms with E-state index in [2.05, 4.69) is 83.2 Å². The van der Waals surface area contributed by atoms with Crippen LogP contribution in [0.2, 0.25) is 10.0 Å². The Morgan fingerprint density at radius 2 is 1.12 bits per heavy atom. The van der Waals surface area contributed by atoms with Gasteiger partial charge >= 0.3 is 0 Å². The van der Waals surface area contributed by atoms with E-state index < -0.39 is 0 Å². The molecule has 0 bridgehead atoms. The van der Waals surface area contributed by atoms with Gasteiger partial charge in [-0.15, -0.1) is 5.10 Å². The molecule has 1 heterocycles. The molecule has 0 saturated carbocycles. The highest BCUT2D eigenvalue weighted by molar-refractivity contribution is 6.35. The molecule has 5 aromatic carbocycles. The summed E-state index contributed by atoms with van der Waals surface area (Å²) >= 11 is 13.4. The van der Waals surface area contributed by atoms with Crippen molar-refractivity contribution in [2.75, 3.05) is 0 Å². The molecular formula is C35H30Cl2N5+. The van der Waals surface area contributed by atoms with Gasteiger partial charge in [0.05, 0.1) is 5.02 Å². The van der Waals surface area contributed by atoms with Crippen LogP contribution in [0.25, 0.3) is 0 Å². The SMILES string of the molecule is Clc1ccc([C@@H](c2nnnn2C(c2ccccc2)c2ccccc2)[NH+](Cc2ccccc2)Cc2ccccc2)c(Cl)c1. The first kappa shape index (κ1) is 27.9. The van der Waals surface area contributed by atoms with Gasteiger partial charge in [0.1, 0.15) is 19.1 Å². The zero-order chi connectivity index (χ0) is 28.7. The van der Waals surface area contributed by atoms with E-state index in [1.54, 1.807) is 6.07 Å². The predicted molar refractivity (Wildman–Crippen MR) is 168 cm³/mol. The van der Waals surface area contributed by atoms with Crippen molar-refractivity contribution in [2.24, 2.45) is 0 Å². The second-order valence-corrected chi connectivity index (χ2v) is 11.1. The minimum atomic E-state index is -0.305. The van der Waals surface area contributed by atoms with E-state index in [0.29, 0.717) is 10.0 Å². The molecule has 0 fully saturated rings. The van der Waals surface area contributed by atoms with Gasteiger partial charge in [0, 0.05) is 21.7 Å². The Morgan fingerprint density at radius 3 is 1.62 bits per heavy atom. The highest BCUT2D eigenvalue weighted by atomic mass is 35.5. The van der Waals surface area contributed by atoms with Crippen LogP contribution in [-0.2, 0) is 13.1 Å². The summed E-state index contributed by atoms with van der Waals surface area (Å²) in [5.41, 5.74) is 5.51. The van der Waals surface area contributed by atoms with Crippen LogP contribution >= 0.6 is 23.2 Å². The van der Waals surface area contributed by atoms with E-state index in [-0.39, 0.29) is 12.1 Å². The minimum Gasteiger partial charge on any atom is -0.315 e. The van der Waals surface area contributed by atoms with Gasteiger partial charge in [0.25, 0.3) is 0 Å². The van der Waals surface area contributed by atoms with Crippen LogP contribution in [-0.4, -0.2) is 20.2 Å². The van der Waals surface area contributed by atoms with Crippen molar-refractivity contribution in [3.8, 4) is 0 Å². The molecule has 0 amide bonds. The molecule has 0 saturated heterocycles. The van der Waals surface area contributed by atoms with Crippen LogP contribution < -0.4 is 4.90 Å². The number of hydrogen-bond acceptors (Lipinski definition) is 3. The Labute approximate surface area is 256 Å². The highest BCUT2D eigenvalue weighted by Crippen LogP contribution is 2.32. The molecule has 42 heavy (non-hydrogen) atoms. The van der Waals surface area contributed by atoms with Crippen molar-refractivity contribution < 1.29 is 4.90 Å². The van der Waals surface area contributed by atoms with Gasteiger partial charge in [-0.2, -0.15) is 0 Å². The number of benzene rings is 5. The summed E-state index contributed by atoms with van der Waals surface area (Å²) in [6, 6.07) is 46.9. The average Bonchev–Trinajstić information content (AvgIpc) is 3.49. The molecule has 0 unspecified atom stereocenters. The van der Waals surface area contributed by atoms with Crippen LogP contribution in [0.1, 0.15) is 45.7 Å². The van der Waals surface area contributed by atoms with Gasteiger partial charge in [0.15, 0.2) is 6.04 Å². The Bertz CT molecular complexity index is 1630. The summed E-state index contributed by atoms with van der Waals surface area (Å²) < 4.78 is 1.95. The molecule has 1 atom stereocenters. The Balaban J connectivity index is 1.55. The summed E-state index contributed by atoms with van der Waals surface area (Å²) in [4.78, 5) is 1.23. The van der Waals surface area contributed by atoms with E-state index >= 15 is 0 Å². The number of halogens is 2. The zero-order valence-electron chi connectivity index (χ0n) is 22.9. The van der Waals surface area contributed by atoms with E-state index in [1.807, 2.05) is 65.3 Å². The first-order valence-corrected chi connectivity index (χ1v) is 14.7. The normalized spacial score (nSPS) is 12.1. The third-order valence-corrected chi connectivity index (χ3v) is 8.04. The second kappa shape index (κ2) is 13.1. The zero-order valence-corrected chi connectivity index (χ0v) is 24.4. The maximum atomic E-state index is 6.98. The van der Waals surface area contributed by atoms with Gasteiger partial charge in [-0.3, -0.25) is 0 Å². The smallest absolute Gasteiger partial charge is 0.215 e. The molecule has 1 N–H and O–H groups in total.